The van der Waals surface area contributed by atoms with Crippen LogP contribution in [-0.4, -0.2) is 17.6 Å². The molecule has 110 valence electrons. The zero-order chi connectivity index (χ0) is 14.2. The van der Waals surface area contributed by atoms with Crippen LogP contribution in [0, 0.1) is 11.3 Å². The molecule has 0 aliphatic heterocycles. The maximum absolute atomic E-state index is 4.72. The van der Waals surface area contributed by atoms with Gasteiger partial charge in [0.25, 0.3) is 0 Å². The molecule has 1 N–H and O–H groups in total. The summed E-state index contributed by atoms with van der Waals surface area (Å²) in [6, 6.07) is 4.96. The molecule has 0 bridgehead atoms. The number of fused-ring (bicyclic) bond motifs is 1. The lowest BCUT2D eigenvalue weighted by molar-refractivity contribution is 0.176. The monoisotopic (exact) mass is 272 g/mol. The predicted octanol–water partition coefficient (Wildman–Crippen LogP) is 3.92. The van der Waals surface area contributed by atoms with Crippen molar-refractivity contribution in [3.63, 3.8) is 0 Å². The van der Waals surface area contributed by atoms with Gasteiger partial charge in [-0.2, -0.15) is 0 Å². The van der Waals surface area contributed by atoms with Crippen molar-refractivity contribution >= 4 is 0 Å². The quantitative estimate of drug-likeness (QED) is 0.898. The second kappa shape index (κ2) is 5.48. The Hall–Kier alpha value is -0.890. The summed E-state index contributed by atoms with van der Waals surface area (Å²) in [7, 11) is 0. The first-order valence-electron chi connectivity index (χ1n) is 8.30. The number of pyridine rings is 1. The number of aryl methyl sites for hydroxylation is 1. The predicted molar refractivity (Wildman–Crippen MR) is 83.9 cm³/mol. The van der Waals surface area contributed by atoms with E-state index in [9.17, 15) is 0 Å². The topological polar surface area (TPSA) is 24.9 Å². The molecule has 1 saturated carbocycles. The van der Waals surface area contributed by atoms with Gasteiger partial charge in [-0.25, -0.2) is 0 Å². The Labute approximate surface area is 123 Å². The highest BCUT2D eigenvalue weighted by Crippen LogP contribution is 2.49. The minimum Gasteiger partial charge on any atom is -0.313 e. The lowest BCUT2D eigenvalue weighted by atomic mass is 9.73. The fourth-order valence-electron chi connectivity index (χ4n) is 4.61. The summed E-state index contributed by atoms with van der Waals surface area (Å²) in [5.74, 6) is 1.41. The van der Waals surface area contributed by atoms with Crippen LogP contribution in [0.15, 0.2) is 18.3 Å². The number of aromatic nitrogens is 1. The van der Waals surface area contributed by atoms with Crippen LogP contribution in [0.3, 0.4) is 0 Å². The molecular formula is C18H28N2. The van der Waals surface area contributed by atoms with E-state index in [0.717, 1.165) is 12.5 Å². The smallest absolute Gasteiger partial charge is 0.0482 e. The fourth-order valence-corrected chi connectivity index (χ4v) is 4.61. The number of hydrogen-bond acceptors (Lipinski definition) is 2. The molecule has 1 aromatic heterocycles. The van der Waals surface area contributed by atoms with Crippen molar-refractivity contribution in [2.45, 2.75) is 64.8 Å². The van der Waals surface area contributed by atoms with E-state index in [0.29, 0.717) is 17.4 Å². The van der Waals surface area contributed by atoms with Crippen molar-refractivity contribution < 1.29 is 0 Å². The van der Waals surface area contributed by atoms with Gasteiger partial charge in [-0.15, -0.1) is 0 Å². The summed E-state index contributed by atoms with van der Waals surface area (Å²) in [6.07, 6.45) is 8.60. The molecule has 2 aliphatic carbocycles. The van der Waals surface area contributed by atoms with Crippen LogP contribution in [0.1, 0.15) is 63.6 Å². The third kappa shape index (κ3) is 2.39. The molecule has 1 aromatic rings. The summed E-state index contributed by atoms with van der Waals surface area (Å²) in [5.41, 5.74) is 3.34. The fraction of sp³-hybridized carbons (Fsp3) is 0.722. The molecule has 20 heavy (non-hydrogen) atoms. The van der Waals surface area contributed by atoms with Crippen LogP contribution in [0.25, 0.3) is 0 Å². The Morgan fingerprint density at radius 3 is 2.95 bits per heavy atom. The summed E-state index contributed by atoms with van der Waals surface area (Å²) in [4.78, 5) is 4.72. The van der Waals surface area contributed by atoms with Crippen molar-refractivity contribution in [2.75, 3.05) is 6.54 Å². The number of likely N-dealkylation sites (N-methyl/N-ethyl adjacent to an activating group) is 1. The summed E-state index contributed by atoms with van der Waals surface area (Å²) in [5, 5.41) is 3.82. The Kier molecular flexibility index (Phi) is 3.85. The Morgan fingerprint density at radius 2 is 2.25 bits per heavy atom. The van der Waals surface area contributed by atoms with Gasteiger partial charge in [-0.3, -0.25) is 4.98 Å². The van der Waals surface area contributed by atoms with Crippen LogP contribution < -0.4 is 5.32 Å². The van der Waals surface area contributed by atoms with Gasteiger partial charge in [-0.05, 0) is 55.2 Å². The Bertz CT molecular complexity index is 466. The van der Waals surface area contributed by atoms with E-state index in [1.165, 1.54) is 43.4 Å². The van der Waals surface area contributed by atoms with E-state index < -0.39 is 0 Å². The lowest BCUT2D eigenvalue weighted by Crippen LogP contribution is -2.44. The molecule has 3 rings (SSSR count). The molecular weight excluding hydrogens is 244 g/mol. The van der Waals surface area contributed by atoms with Gasteiger partial charge < -0.3 is 5.32 Å². The van der Waals surface area contributed by atoms with Crippen molar-refractivity contribution in [3.05, 3.63) is 29.6 Å². The van der Waals surface area contributed by atoms with Crippen LogP contribution in [0.2, 0.25) is 0 Å². The van der Waals surface area contributed by atoms with Crippen molar-refractivity contribution in [3.8, 4) is 0 Å². The molecule has 1 fully saturated rings. The first-order valence-corrected chi connectivity index (χ1v) is 8.30. The highest BCUT2D eigenvalue weighted by atomic mass is 14.9. The van der Waals surface area contributed by atoms with Crippen molar-refractivity contribution in [1.82, 2.24) is 10.3 Å². The molecule has 0 radical (unpaired) electrons. The van der Waals surface area contributed by atoms with Crippen molar-refractivity contribution in [2.24, 2.45) is 11.3 Å². The Morgan fingerprint density at radius 1 is 1.40 bits per heavy atom. The van der Waals surface area contributed by atoms with Crippen molar-refractivity contribution in [1.29, 1.82) is 0 Å². The molecule has 0 amide bonds. The van der Waals surface area contributed by atoms with E-state index in [-0.39, 0.29) is 0 Å². The SMILES string of the molecule is CCNC(C1CCc2cccnc21)C1CCCC1(C)C. The standard InChI is InChI=1S/C18H28N2/c1-4-19-17(15-8-5-11-18(15,2)3)14-10-9-13-7-6-12-20-16(13)14/h6-7,12,14-15,17,19H,4-5,8-11H2,1-3H3. The number of nitrogens with zero attached hydrogens (tertiary/aromatic N) is 1. The summed E-state index contributed by atoms with van der Waals surface area (Å²) in [6.45, 7) is 8.23. The van der Waals surface area contributed by atoms with Gasteiger partial charge in [0, 0.05) is 23.9 Å². The molecule has 3 unspecified atom stereocenters. The summed E-state index contributed by atoms with van der Waals surface area (Å²) >= 11 is 0. The molecule has 0 spiro atoms. The third-order valence-corrected chi connectivity index (χ3v) is 5.65. The van der Waals surface area contributed by atoms with Gasteiger partial charge >= 0.3 is 0 Å². The first-order chi connectivity index (χ1) is 9.63. The normalized spacial score (nSPS) is 29.4. The highest BCUT2D eigenvalue weighted by Gasteiger charge is 2.44. The average molecular weight is 272 g/mol. The van der Waals surface area contributed by atoms with Crippen LogP contribution in [-0.2, 0) is 6.42 Å². The highest BCUT2D eigenvalue weighted by molar-refractivity contribution is 5.30. The van der Waals surface area contributed by atoms with E-state index >= 15 is 0 Å². The Balaban J connectivity index is 1.89. The maximum atomic E-state index is 4.72. The molecule has 0 saturated heterocycles. The molecule has 2 nitrogen and oxygen atoms in total. The van der Waals surface area contributed by atoms with E-state index in [1.54, 1.807) is 0 Å². The van der Waals surface area contributed by atoms with E-state index in [2.05, 4.69) is 38.2 Å². The largest absolute Gasteiger partial charge is 0.313 e. The zero-order valence-corrected chi connectivity index (χ0v) is 13.2. The molecule has 2 aliphatic rings. The van der Waals surface area contributed by atoms with Crippen LogP contribution >= 0.6 is 0 Å². The van der Waals surface area contributed by atoms with Crippen LogP contribution in [0.4, 0.5) is 0 Å². The summed E-state index contributed by atoms with van der Waals surface area (Å²) < 4.78 is 0. The first kappa shape index (κ1) is 14.1. The second-order valence-corrected chi connectivity index (χ2v) is 7.26. The average Bonchev–Trinajstić information content (AvgIpc) is 2.99. The minimum absolute atomic E-state index is 0.477. The lowest BCUT2D eigenvalue weighted by Gasteiger charge is -2.38. The van der Waals surface area contributed by atoms with Crippen LogP contribution in [0.5, 0.6) is 0 Å². The molecule has 3 atom stereocenters. The number of rotatable bonds is 4. The van der Waals surface area contributed by atoms with Gasteiger partial charge in [-0.1, -0.05) is 33.3 Å². The number of hydrogen-bond donors (Lipinski definition) is 1. The second-order valence-electron chi connectivity index (χ2n) is 7.26. The third-order valence-electron chi connectivity index (χ3n) is 5.65. The van der Waals surface area contributed by atoms with Gasteiger partial charge in [0.05, 0.1) is 0 Å². The molecule has 0 aromatic carbocycles. The molecule has 1 heterocycles. The zero-order valence-electron chi connectivity index (χ0n) is 13.2. The number of nitrogens with one attached hydrogen (secondary N) is 1. The minimum atomic E-state index is 0.477. The van der Waals surface area contributed by atoms with Gasteiger partial charge in [0.15, 0.2) is 0 Å². The van der Waals surface area contributed by atoms with Gasteiger partial charge in [0.1, 0.15) is 0 Å². The van der Waals surface area contributed by atoms with E-state index in [4.69, 9.17) is 4.98 Å². The van der Waals surface area contributed by atoms with E-state index in [1.807, 2.05) is 6.20 Å². The van der Waals surface area contributed by atoms with Gasteiger partial charge in [0.2, 0.25) is 0 Å². The maximum Gasteiger partial charge on any atom is 0.0482 e. The molecule has 2 heteroatoms.